The number of hydrogen-bond acceptors (Lipinski definition) is 2. The fraction of sp³-hybridized carbons (Fsp3) is 0.818. The summed E-state index contributed by atoms with van der Waals surface area (Å²) in [6, 6.07) is 0.120. The summed E-state index contributed by atoms with van der Waals surface area (Å²) in [6.45, 7) is 5.96. The minimum atomic E-state index is -0.131. The molecule has 0 spiro atoms. The second kappa shape index (κ2) is 8.26. The van der Waals surface area contributed by atoms with E-state index in [1.165, 1.54) is 0 Å². The number of carbonyl (C=O) groups is 2. The lowest BCUT2D eigenvalue weighted by atomic mass is 10.2. The molecular weight excluding hydrogens is 192 g/mol. The van der Waals surface area contributed by atoms with Gasteiger partial charge in [0.25, 0.3) is 0 Å². The van der Waals surface area contributed by atoms with Gasteiger partial charge in [-0.3, -0.25) is 9.59 Å². The molecule has 2 amide bonds. The summed E-state index contributed by atoms with van der Waals surface area (Å²) in [5.41, 5.74) is 0. The topological polar surface area (TPSA) is 58.2 Å². The van der Waals surface area contributed by atoms with E-state index in [2.05, 4.69) is 17.6 Å². The molecule has 0 rings (SSSR count). The summed E-state index contributed by atoms with van der Waals surface area (Å²) >= 11 is 0. The molecule has 0 heterocycles. The van der Waals surface area contributed by atoms with Crippen LogP contribution in [0, 0.1) is 0 Å². The van der Waals surface area contributed by atoms with Crippen molar-refractivity contribution in [1.82, 2.24) is 10.6 Å². The predicted octanol–water partition coefficient (Wildman–Crippen LogP) is 1.21. The maximum absolute atomic E-state index is 11.2. The molecule has 4 nitrogen and oxygen atoms in total. The molecule has 0 saturated carbocycles. The summed E-state index contributed by atoms with van der Waals surface area (Å²) in [7, 11) is 0. The van der Waals surface area contributed by atoms with Gasteiger partial charge in [0.15, 0.2) is 0 Å². The van der Waals surface area contributed by atoms with Crippen molar-refractivity contribution in [3.05, 3.63) is 0 Å². The van der Waals surface area contributed by atoms with Gasteiger partial charge in [0.05, 0.1) is 6.54 Å². The zero-order valence-corrected chi connectivity index (χ0v) is 9.93. The number of amides is 2. The van der Waals surface area contributed by atoms with Gasteiger partial charge in [0.2, 0.25) is 11.8 Å². The van der Waals surface area contributed by atoms with Gasteiger partial charge < -0.3 is 10.6 Å². The Morgan fingerprint density at radius 3 is 2.33 bits per heavy atom. The van der Waals surface area contributed by atoms with Crippen molar-refractivity contribution in [2.45, 2.75) is 52.5 Å². The van der Waals surface area contributed by atoms with Gasteiger partial charge in [0, 0.05) is 12.5 Å². The van der Waals surface area contributed by atoms with Crippen LogP contribution >= 0.6 is 0 Å². The van der Waals surface area contributed by atoms with Gasteiger partial charge in [0.1, 0.15) is 0 Å². The highest BCUT2D eigenvalue weighted by Gasteiger charge is 2.05. The molecule has 0 saturated heterocycles. The van der Waals surface area contributed by atoms with Gasteiger partial charge in [-0.25, -0.2) is 0 Å². The molecule has 4 heteroatoms. The Morgan fingerprint density at radius 1 is 1.13 bits per heavy atom. The molecular formula is C11H22N2O2. The van der Waals surface area contributed by atoms with Crippen molar-refractivity contribution in [3.8, 4) is 0 Å². The molecule has 0 atom stereocenters. The number of nitrogens with one attached hydrogen (secondary N) is 2. The third kappa shape index (κ3) is 9.25. The first-order chi connectivity index (χ1) is 7.06. The Morgan fingerprint density at radius 2 is 1.80 bits per heavy atom. The summed E-state index contributed by atoms with van der Waals surface area (Å²) in [5.74, 6) is -0.170. The van der Waals surface area contributed by atoms with Crippen LogP contribution < -0.4 is 10.6 Å². The molecule has 0 bridgehead atoms. The van der Waals surface area contributed by atoms with E-state index in [0.717, 1.165) is 19.3 Å². The van der Waals surface area contributed by atoms with E-state index >= 15 is 0 Å². The van der Waals surface area contributed by atoms with Gasteiger partial charge in [-0.1, -0.05) is 19.8 Å². The quantitative estimate of drug-likeness (QED) is 0.626. The van der Waals surface area contributed by atoms with E-state index < -0.39 is 0 Å². The number of hydrogen-bond donors (Lipinski definition) is 2. The normalized spacial score (nSPS) is 10.1. The SMILES string of the molecule is CCCCCC(=O)NCC(=O)NC(C)C. The third-order valence-electron chi connectivity index (χ3n) is 1.90. The first-order valence-corrected chi connectivity index (χ1v) is 5.62. The van der Waals surface area contributed by atoms with Crippen molar-refractivity contribution in [1.29, 1.82) is 0 Å². The van der Waals surface area contributed by atoms with Gasteiger partial charge in [-0.05, 0) is 20.3 Å². The van der Waals surface area contributed by atoms with E-state index in [0.29, 0.717) is 6.42 Å². The first-order valence-electron chi connectivity index (χ1n) is 5.62. The van der Waals surface area contributed by atoms with Crippen molar-refractivity contribution in [3.63, 3.8) is 0 Å². The van der Waals surface area contributed by atoms with E-state index in [9.17, 15) is 9.59 Å². The van der Waals surface area contributed by atoms with E-state index in [4.69, 9.17) is 0 Å². The molecule has 0 aliphatic rings. The van der Waals surface area contributed by atoms with Crippen LogP contribution in [0.25, 0.3) is 0 Å². The molecule has 0 aromatic heterocycles. The number of rotatable bonds is 7. The molecule has 88 valence electrons. The maximum atomic E-state index is 11.2. The molecule has 0 aromatic carbocycles. The van der Waals surface area contributed by atoms with Crippen molar-refractivity contribution in [2.24, 2.45) is 0 Å². The fourth-order valence-corrected chi connectivity index (χ4v) is 1.18. The molecule has 15 heavy (non-hydrogen) atoms. The van der Waals surface area contributed by atoms with E-state index in [-0.39, 0.29) is 24.4 Å². The summed E-state index contributed by atoms with van der Waals surface area (Å²) in [6.07, 6.45) is 3.57. The minimum absolute atomic E-state index is 0.0395. The average molecular weight is 214 g/mol. The Hall–Kier alpha value is -1.06. The predicted molar refractivity (Wildman–Crippen MR) is 60.4 cm³/mol. The maximum Gasteiger partial charge on any atom is 0.239 e. The zero-order chi connectivity index (χ0) is 11.7. The molecule has 0 aliphatic heterocycles. The van der Waals surface area contributed by atoms with Crippen LogP contribution in [-0.4, -0.2) is 24.4 Å². The fourth-order valence-electron chi connectivity index (χ4n) is 1.18. The lowest BCUT2D eigenvalue weighted by molar-refractivity contribution is -0.126. The van der Waals surface area contributed by atoms with Crippen LogP contribution in [-0.2, 0) is 9.59 Å². The second-order valence-corrected chi connectivity index (χ2v) is 3.96. The van der Waals surface area contributed by atoms with E-state index in [1.54, 1.807) is 0 Å². The summed E-state index contributed by atoms with van der Waals surface area (Å²) in [5, 5.41) is 5.31. The largest absolute Gasteiger partial charge is 0.352 e. The highest BCUT2D eigenvalue weighted by Crippen LogP contribution is 1.97. The van der Waals surface area contributed by atoms with Crippen molar-refractivity contribution < 1.29 is 9.59 Å². The summed E-state index contributed by atoms with van der Waals surface area (Å²) < 4.78 is 0. The summed E-state index contributed by atoms with van der Waals surface area (Å²) in [4.78, 5) is 22.4. The van der Waals surface area contributed by atoms with Crippen molar-refractivity contribution >= 4 is 11.8 Å². The molecule has 0 unspecified atom stereocenters. The Balaban J connectivity index is 3.49. The Kier molecular flexibility index (Phi) is 7.68. The van der Waals surface area contributed by atoms with Crippen LogP contribution in [0.15, 0.2) is 0 Å². The number of carbonyl (C=O) groups excluding carboxylic acids is 2. The monoisotopic (exact) mass is 214 g/mol. The Bertz CT molecular complexity index is 203. The molecule has 0 aliphatic carbocycles. The molecule has 0 aromatic rings. The second-order valence-electron chi connectivity index (χ2n) is 3.96. The minimum Gasteiger partial charge on any atom is -0.352 e. The van der Waals surface area contributed by atoms with Crippen LogP contribution in [0.3, 0.4) is 0 Å². The Labute approximate surface area is 91.8 Å². The lowest BCUT2D eigenvalue weighted by Gasteiger charge is -2.09. The molecule has 2 N–H and O–H groups in total. The van der Waals surface area contributed by atoms with Gasteiger partial charge in [-0.15, -0.1) is 0 Å². The third-order valence-corrected chi connectivity index (χ3v) is 1.90. The highest BCUT2D eigenvalue weighted by atomic mass is 16.2. The zero-order valence-electron chi connectivity index (χ0n) is 9.93. The van der Waals surface area contributed by atoms with Gasteiger partial charge >= 0.3 is 0 Å². The average Bonchev–Trinajstić information content (AvgIpc) is 2.14. The van der Waals surface area contributed by atoms with Crippen LogP contribution in [0.4, 0.5) is 0 Å². The molecule has 0 fully saturated rings. The van der Waals surface area contributed by atoms with Crippen molar-refractivity contribution in [2.75, 3.05) is 6.54 Å². The standard InChI is InChI=1S/C11H22N2O2/c1-4-5-6-7-10(14)12-8-11(15)13-9(2)3/h9H,4-8H2,1-3H3,(H,12,14)(H,13,15). The molecule has 0 radical (unpaired) electrons. The first kappa shape index (κ1) is 13.9. The van der Waals surface area contributed by atoms with Gasteiger partial charge in [-0.2, -0.15) is 0 Å². The number of unbranched alkanes of at least 4 members (excludes halogenated alkanes) is 2. The smallest absolute Gasteiger partial charge is 0.239 e. The van der Waals surface area contributed by atoms with E-state index in [1.807, 2.05) is 13.8 Å². The van der Waals surface area contributed by atoms with Crippen LogP contribution in [0.1, 0.15) is 46.5 Å². The van der Waals surface area contributed by atoms with Crippen LogP contribution in [0.2, 0.25) is 0 Å². The van der Waals surface area contributed by atoms with Crippen LogP contribution in [0.5, 0.6) is 0 Å². The highest BCUT2D eigenvalue weighted by molar-refractivity contribution is 5.84. The lowest BCUT2D eigenvalue weighted by Crippen LogP contribution is -2.39.